The summed E-state index contributed by atoms with van der Waals surface area (Å²) < 4.78 is 79.7. The largest absolute Gasteiger partial charge is 0.759 e. The van der Waals surface area contributed by atoms with E-state index in [1.165, 1.54) is 11.1 Å². The van der Waals surface area contributed by atoms with Crippen molar-refractivity contribution in [2.24, 2.45) is 11.8 Å². The topological polar surface area (TPSA) is 202 Å². The number of likely N-dealkylation sites (N-methyl/N-ethyl adjacent to an activating group) is 2. The fourth-order valence-corrected chi connectivity index (χ4v) is 10.4. The molecule has 428 valence electrons. The molecule has 0 heterocycles. The van der Waals surface area contributed by atoms with Crippen LogP contribution in [0, 0.1) is 34.5 Å². The van der Waals surface area contributed by atoms with Crippen LogP contribution in [0.1, 0.15) is 102 Å². The van der Waals surface area contributed by atoms with Gasteiger partial charge in [-0.05, 0) is 121 Å². The Hall–Kier alpha value is -5.95. The molecule has 0 bridgehead atoms. The molecule has 0 aromatic heterocycles. The van der Waals surface area contributed by atoms with E-state index in [2.05, 4.69) is 92.0 Å². The minimum atomic E-state index is -5.17. The highest BCUT2D eigenvalue weighted by molar-refractivity contribution is 7.79. The maximum absolute atomic E-state index is 10.4. The van der Waals surface area contributed by atoms with Crippen molar-refractivity contribution >= 4 is 10.4 Å². The van der Waals surface area contributed by atoms with E-state index in [4.69, 9.17) is 55.4 Å². The highest BCUT2D eigenvalue weighted by Crippen LogP contribution is 2.42. The zero-order chi connectivity index (χ0) is 58.0. The number of hydrogen-bond donors (Lipinski definition) is 0. The van der Waals surface area contributed by atoms with Crippen molar-refractivity contribution in [2.75, 3.05) is 110 Å². The zero-order valence-electron chi connectivity index (χ0n) is 49.1. The number of methoxy groups -OCH3 is 8. The molecule has 0 amide bonds. The van der Waals surface area contributed by atoms with Gasteiger partial charge in [-0.25, -0.2) is 0 Å². The van der Waals surface area contributed by atoms with Crippen molar-refractivity contribution in [1.82, 2.24) is 0 Å². The number of rotatable bonds is 30. The monoisotopic (exact) mass is 1090 g/mol. The van der Waals surface area contributed by atoms with E-state index in [1.807, 2.05) is 48.5 Å². The molecule has 0 saturated heterocycles. The third-order valence-electron chi connectivity index (χ3n) is 15.0. The maximum atomic E-state index is 10.4. The number of benzene rings is 4. The predicted molar refractivity (Wildman–Crippen MR) is 301 cm³/mol. The normalized spacial score (nSPS) is 14.3. The first-order valence-electron chi connectivity index (χ1n) is 26.5. The lowest BCUT2D eigenvalue weighted by Gasteiger charge is -2.37. The third-order valence-corrected chi connectivity index (χ3v) is 15.0. The lowest BCUT2D eigenvalue weighted by Crippen LogP contribution is -2.47. The molecular formula is C60H90N4O12S. The first-order chi connectivity index (χ1) is 36.4. The number of ether oxygens (including phenoxy) is 8. The van der Waals surface area contributed by atoms with Gasteiger partial charge >= 0.3 is 0 Å². The van der Waals surface area contributed by atoms with Gasteiger partial charge in [-0.3, -0.25) is 8.42 Å². The Morgan fingerprint density at radius 1 is 0.468 bits per heavy atom. The standard InChI is InChI=1S/2C30H45N2O4.H2O4S/c2*1-9-17-32(4,19-15-24-11-13-26(33-5)28(20-24)35-7)18-10-16-30(22-31,23(2)3)25-12-14-27(34-6)29(21-25)36-8;1-5(2,3)4/h2*11-14,20-21,23H,9-10,15-19H2,1-8H3;(H2,1,2,3,4)/q2*+1;/p-2. The van der Waals surface area contributed by atoms with E-state index in [1.54, 1.807) is 56.9 Å². The van der Waals surface area contributed by atoms with E-state index in [9.17, 15) is 10.5 Å². The van der Waals surface area contributed by atoms with Crippen molar-refractivity contribution in [2.45, 2.75) is 104 Å². The van der Waals surface area contributed by atoms with Gasteiger partial charge in [-0.1, -0.05) is 65.8 Å². The summed E-state index contributed by atoms with van der Waals surface area (Å²) in [6.45, 7) is 19.3. The molecule has 0 aliphatic rings. The van der Waals surface area contributed by atoms with E-state index in [0.717, 1.165) is 134 Å². The minimum absolute atomic E-state index is 0.164. The second-order valence-electron chi connectivity index (χ2n) is 20.7. The molecular weight excluding hydrogens is 1000 g/mol. The summed E-state index contributed by atoms with van der Waals surface area (Å²) in [6, 6.07) is 29.5. The van der Waals surface area contributed by atoms with Crippen LogP contribution in [0.5, 0.6) is 46.0 Å². The van der Waals surface area contributed by atoms with Crippen LogP contribution in [0.15, 0.2) is 72.8 Å². The molecule has 0 radical (unpaired) electrons. The molecule has 4 unspecified atom stereocenters. The Morgan fingerprint density at radius 2 is 0.740 bits per heavy atom. The zero-order valence-corrected chi connectivity index (χ0v) is 49.9. The van der Waals surface area contributed by atoms with E-state index in [-0.39, 0.29) is 11.8 Å². The molecule has 0 aliphatic heterocycles. The van der Waals surface area contributed by atoms with E-state index >= 15 is 0 Å². The average molecular weight is 1090 g/mol. The van der Waals surface area contributed by atoms with Crippen molar-refractivity contribution in [3.05, 3.63) is 95.1 Å². The van der Waals surface area contributed by atoms with Crippen molar-refractivity contribution < 1.29 is 64.4 Å². The molecule has 16 nitrogen and oxygen atoms in total. The Bertz CT molecular complexity index is 2450. The summed E-state index contributed by atoms with van der Waals surface area (Å²) in [5.41, 5.74) is 3.30. The van der Waals surface area contributed by atoms with Crippen LogP contribution in [0.2, 0.25) is 0 Å². The summed E-state index contributed by atoms with van der Waals surface area (Å²) in [6.07, 6.45) is 7.66. The van der Waals surface area contributed by atoms with E-state index in [0.29, 0.717) is 23.0 Å². The maximum Gasteiger partial charge on any atom is 0.161 e. The van der Waals surface area contributed by atoms with Gasteiger partial charge in [-0.2, -0.15) is 10.5 Å². The highest BCUT2D eigenvalue weighted by atomic mass is 32.3. The van der Waals surface area contributed by atoms with Crippen LogP contribution in [-0.4, -0.2) is 137 Å². The molecule has 4 atom stereocenters. The van der Waals surface area contributed by atoms with Gasteiger partial charge in [0.2, 0.25) is 0 Å². The Morgan fingerprint density at radius 3 is 0.987 bits per heavy atom. The van der Waals surface area contributed by atoms with Gasteiger partial charge in [0.1, 0.15) is 0 Å². The van der Waals surface area contributed by atoms with Crippen LogP contribution >= 0.6 is 0 Å². The number of nitriles is 2. The average Bonchev–Trinajstić information content (AvgIpc) is 3.41. The molecule has 4 rings (SSSR count). The fraction of sp³-hybridized carbons (Fsp3) is 0.567. The summed E-state index contributed by atoms with van der Waals surface area (Å²) in [5.74, 6) is 6.06. The Balaban J connectivity index is 0.000000484. The number of hydrogen-bond acceptors (Lipinski definition) is 14. The third kappa shape index (κ3) is 19.8. The fourth-order valence-electron chi connectivity index (χ4n) is 10.4. The van der Waals surface area contributed by atoms with Crippen LogP contribution in [0.4, 0.5) is 0 Å². The first kappa shape index (κ1) is 67.2. The number of nitrogens with zero attached hydrogens (tertiary/aromatic N) is 4. The van der Waals surface area contributed by atoms with Crippen molar-refractivity contribution in [3.8, 4) is 58.1 Å². The SMILES string of the molecule is CCC[N+](C)(CCCC(C#N)(c1ccc(OC)c(OC)c1)C(C)C)CCc1ccc(OC)c(OC)c1.CCC[N+](C)(CCCC(C#N)(c1ccc(OC)c(OC)c1)C(C)C)CCc1ccc(OC)c(OC)c1.O=S(=O)([O-])[O-]. The molecule has 0 saturated carbocycles. The summed E-state index contributed by atoms with van der Waals surface area (Å²) >= 11 is 0. The molecule has 4 aromatic carbocycles. The minimum Gasteiger partial charge on any atom is -0.759 e. The van der Waals surface area contributed by atoms with Crippen LogP contribution < -0.4 is 37.9 Å². The quantitative estimate of drug-likeness (QED) is 0.0271. The summed E-state index contributed by atoms with van der Waals surface area (Å²) in [4.78, 5) is 0. The molecule has 77 heavy (non-hydrogen) atoms. The summed E-state index contributed by atoms with van der Waals surface area (Å²) in [5, 5.41) is 20.8. The van der Waals surface area contributed by atoms with Gasteiger partial charge in [0.25, 0.3) is 0 Å². The van der Waals surface area contributed by atoms with Gasteiger partial charge in [-0.15, -0.1) is 0 Å². The molecule has 0 aliphatic carbocycles. The van der Waals surface area contributed by atoms with Crippen LogP contribution in [0.25, 0.3) is 0 Å². The highest BCUT2D eigenvalue weighted by Gasteiger charge is 2.39. The van der Waals surface area contributed by atoms with Gasteiger partial charge in [0, 0.05) is 23.2 Å². The van der Waals surface area contributed by atoms with Crippen molar-refractivity contribution in [1.29, 1.82) is 10.5 Å². The van der Waals surface area contributed by atoms with Crippen molar-refractivity contribution in [3.63, 3.8) is 0 Å². The second kappa shape index (κ2) is 32.1. The lowest BCUT2D eigenvalue weighted by atomic mass is 9.69. The Labute approximate surface area is 462 Å². The van der Waals surface area contributed by atoms with Gasteiger partial charge in [0.15, 0.2) is 46.0 Å². The summed E-state index contributed by atoms with van der Waals surface area (Å²) in [7, 11) is 12.7. The smallest absolute Gasteiger partial charge is 0.161 e. The Kier molecular flexibility index (Phi) is 28.0. The molecule has 4 aromatic rings. The molecule has 0 N–H and O–H groups in total. The van der Waals surface area contributed by atoms with Crippen LogP contribution in [0.3, 0.4) is 0 Å². The molecule has 0 fully saturated rings. The first-order valence-corrected chi connectivity index (χ1v) is 27.8. The second-order valence-corrected chi connectivity index (χ2v) is 21.5. The molecule has 17 heteroatoms. The predicted octanol–water partition coefficient (Wildman–Crippen LogP) is 10.7. The van der Waals surface area contributed by atoms with Crippen LogP contribution in [-0.2, 0) is 34.1 Å². The van der Waals surface area contributed by atoms with Gasteiger partial charge < -0.3 is 56.0 Å². The molecule has 0 spiro atoms. The van der Waals surface area contributed by atoms with Gasteiger partial charge in [0.05, 0.1) is 133 Å². The lowest BCUT2D eigenvalue weighted by molar-refractivity contribution is -0.909. The number of quaternary nitrogens is 2. The van der Waals surface area contributed by atoms with E-state index < -0.39 is 21.2 Å².